The van der Waals surface area contributed by atoms with Gasteiger partial charge in [-0.3, -0.25) is 0 Å². The first kappa shape index (κ1) is 17.4. The maximum atomic E-state index is 13.1. The maximum absolute atomic E-state index is 13.1. The standard InChI is InChI=1S/C11H11F3O3.C2H6/c1-16-9(15)10(17-2,11(12,13)14)8-6-4-3-5-7-8;1-2/h3-7H,1-2H3;1-2H3/t10-;/m1./s1. The molecular formula is C13H17F3O3. The van der Waals surface area contributed by atoms with Gasteiger partial charge in [-0.05, 0) is 0 Å². The second-order valence-electron chi connectivity index (χ2n) is 3.24. The maximum Gasteiger partial charge on any atom is 0.432 e. The second kappa shape index (κ2) is 7.13. The molecule has 0 saturated heterocycles. The SMILES string of the molecule is CC.COC(=O)[C@](OC)(c1ccccc1)C(F)(F)F. The predicted octanol–water partition coefficient (Wildman–Crippen LogP) is 3.29. The summed E-state index contributed by atoms with van der Waals surface area (Å²) in [4.78, 5) is 11.4. The average Bonchev–Trinajstić information content (AvgIpc) is 2.41. The molecule has 0 aliphatic rings. The van der Waals surface area contributed by atoms with Crippen LogP contribution in [0.5, 0.6) is 0 Å². The molecule has 0 spiro atoms. The summed E-state index contributed by atoms with van der Waals surface area (Å²) < 4.78 is 47.9. The van der Waals surface area contributed by atoms with Crippen molar-refractivity contribution >= 4 is 5.97 Å². The highest BCUT2D eigenvalue weighted by Gasteiger charge is 2.63. The highest BCUT2D eigenvalue weighted by Crippen LogP contribution is 2.42. The zero-order valence-corrected chi connectivity index (χ0v) is 11.2. The number of alkyl halides is 3. The Labute approximate surface area is 110 Å². The van der Waals surface area contributed by atoms with Crippen LogP contribution in [-0.4, -0.2) is 26.4 Å². The van der Waals surface area contributed by atoms with Crippen molar-refractivity contribution in [1.29, 1.82) is 0 Å². The number of ether oxygens (including phenoxy) is 2. The number of carbonyl (C=O) groups excluding carboxylic acids is 1. The third-order valence-electron chi connectivity index (χ3n) is 2.36. The van der Waals surface area contributed by atoms with Gasteiger partial charge in [-0.1, -0.05) is 44.2 Å². The fourth-order valence-electron chi connectivity index (χ4n) is 1.53. The predicted molar refractivity (Wildman–Crippen MR) is 64.5 cm³/mol. The van der Waals surface area contributed by atoms with Gasteiger partial charge in [0.1, 0.15) is 0 Å². The Morgan fingerprint density at radius 2 is 1.53 bits per heavy atom. The Hall–Kier alpha value is -1.56. The van der Waals surface area contributed by atoms with E-state index >= 15 is 0 Å². The van der Waals surface area contributed by atoms with Gasteiger partial charge in [-0.15, -0.1) is 0 Å². The van der Waals surface area contributed by atoms with Gasteiger partial charge in [0.25, 0.3) is 5.60 Å². The fourth-order valence-corrected chi connectivity index (χ4v) is 1.53. The summed E-state index contributed by atoms with van der Waals surface area (Å²) in [5, 5.41) is 0. The van der Waals surface area contributed by atoms with E-state index in [9.17, 15) is 18.0 Å². The molecule has 0 saturated carbocycles. The number of esters is 1. The van der Waals surface area contributed by atoms with Crippen LogP contribution in [0.15, 0.2) is 30.3 Å². The van der Waals surface area contributed by atoms with Crippen molar-refractivity contribution in [2.24, 2.45) is 0 Å². The molecule has 0 aromatic heterocycles. The number of rotatable bonds is 3. The summed E-state index contributed by atoms with van der Waals surface area (Å²) in [6.07, 6.45) is -4.91. The lowest BCUT2D eigenvalue weighted by Crippen LogP contribution is -2.51. The monoisotopic (exact) mass is 278 g/mol. The minimum Gasteiger partial charge on any atom is -0.466 e. The van der Waals surface area contributed by atoms with Crippen LogP contribution in [0.2, 0.25) is 0 Å². The first-order chi connectivity index (χ1) is 8.90. The van der Waals surface area contributed by atoms with Crippen molar-refractivity contribution in [3.63, 3.8) is 0 Å². The van der Waals surface area contributed by atoms with Gasteiger partial charge in [0.2, 0.25) is 0 Å². The second-order valence-corrected chi connectivity index (χ2v) is 3.24. The van der Waals surface area contributed by atoms with E-state index in [4.69, 9.17) is 0 Å². The van der Waals surface area contributed by atoms with Crippen LogP contribution in [0.4, 0.5) is 13.2 Å². The molecular weight excluding hydrogens is 261 g/mol. The van der Waals surface area contributed by atoms with Crippen LogP contribution in [0.1, 0.15) is 19.4 Å². The number of carbonyl (C=O) groups is 1. The molecule has 19 heavy (non-hydrogen) atoms. The van der Waals surface area contributed by atoms with E-state index in [-0.39, 0.29) is 5.56 Å². The zero-order valence-electron chi connectivity index (χ0n) is 11.2. The normalized spacial score (nSPS) is 13.8. The molecule has 1 rings (SSSR count). The Balaban J connectivity index is 0.00000154. The van der Waals surface area contributed by atoms with E-state index in [1.807, 2.05) is 13.8 Å². The van der Waals surface area contributed by atoms with Gasteiger partial charge in [-0.25, -0.2) is 4.79 Å². The van der Waals surface area contributed by atoms with Crippen LogP contribution < -0.4 is 0 Å². The zero-order chi connectivity index (χ0) is 15.1. The third kappa shape index (κ3) is 3.26. The van der Waals surface area contributed by atoms with Gasteiger partial charge in [0.05, 0.1) is 7.11 Å². The molecule has 0 radical (unpaired) electrons. The molecule has 0 bridgehead atoms. The highest BCUT2D eigenvalue weighted by atomic mass is 19.4. The van der Waals surface area contributed by atoms with Crippen molar-refractivity contribution in [2.75, 3.05) is 14.2 Å². The van der Waals surface area contributed by atoms with Crippen molar-refractivity contribution in [2.45, 2.75) is 25.6 Å². The molecule has 108 valence electrons. The first-order valence-corrected chi connectivity index (χ1v) is 5.66. The van der Waals surface area contributed by atoms with E-state index in [0.717, 1.165) is 26.4 Å². The smallest absolute Gasteiger partial charge is 0.432 e. The number of hydrogen-bond acceptors (Lipinski definition) is 3. The van der Waals surface area contributed by atoms with E-state index < -0.39 is 17.7 Å². The molecule has 0 aliphatic heterocycles. The lowest BCUT2D eigenvalue weighted by molar-refractivity contribution is -0.275. The molecule has 0 fully saturated rings. The van der Waals surface area contributed by atoms with E-state index in [1.54, 1.807) is 0 Å². The Morgan fingerprint density at radius 1 is 1.05 bits per heavy atom. The Kier molecular flexibility index (Phi) is 6.55. The Morgan fingerprint density at radius 3 is 1.84 bits per heavy atom. The van der Waals surface area contributed by atoms with Gasteiger partial charge in [0, 0.05) is 12.7 Å². The molecule has 0 unspecified atom stereocenters. The summed E-state index contributed by atoms with van der Waals surface area (Å²) in [7, 11) is 1.70. The topological polar surface area (TPSA) is 35.5 Å². The summed E-state index contributed by atoms with van der Waals surface area (Å²) >= 11 is 0. The number of benzene rings is 1. The largest absolute Gasteiger partial charge is 0.466 e. The molecule has 0 heterocycles. The van der Waals surface area contributed by atoms with Crippen LogP contribution in [0, 0.1) is 0 Å². The Bertz CT molecular complexity index is 390. The first-order valence-electron chi connectivity index (χ1n) is 5.66. The minimum atomic E-state index is -4.91. The summed E-state index contributed by atoms with van der Waals surface area (Å²) in [6.45, 7) is 4.00. The van der Waals surface area contributed by atoms with Crippen LogP contribution in [0.3, 0.4) is 0 Å². The van der Waals surface area contributed by atoms with E-state index in [0.29, 0.717) is 0 Å². The lowest BCUT2D eigenvalue weighted by Gasteiger charge is -2.31. The molecule has 0 aliphatic carbocycles. The van der Waals surface area contributed by atoms with Crippen LogP contribution in [0.25, 0.3) is 0 Å². The van der Waals surface area contributed by atoms with E-state index in [2.05, 4.69) is 9.47 Å². The number of halogens is 3. The van der Waals surface area contributed by atoms with E-state index in [1.165, 1.54) is 18.2 Å². The lowest BCUT2D eigenvalue weighted by atomic mass is 9.93. The molecule has 1 aromatic carbocycles. The molecule has 1 atom stereocenters. The quantitative estimate of drug-likeness (QED) is 0.796. The molecule has 6 heteroatoms. The summed E-state index contributed by atoms with van der Waals surface area (Å²) in [6, 6.07) is 6.63. The summed E-state index contributed by atoms with van der Waals surface area (Å²) in [5.41, 5.74) is -3.40. The number of hydrogen-bond donors (Lipinski definition) is 0. The van der Waals surface area contributed by atoms with Crippen molar-refractivity contribution in [1.82, 2.24) is 0 Å². The molecule has 0 amide bonds. The van der Waals surface area contributed by atoms with Gasteiger partial charge in [-0.2, -0.15) is 13.2 Å². The molecule has 1 aromatic rings. The van der Waals surface area contributed by atoms with Crippen molar-refractivity contribution < 1.29 is 27.4 Å². The van der Waals surface area contributed by atoms with Gasteiger partial charge in [0.15, 0.2) is 0 Å². The van der Waals surface area contributed by atoms with Gasteiger partial charge >= 0.3 is 12.1 Å². The summed E-state index contributed by atoms with van der Waals surface area (Å²) in [5.74, 6) is -1.50. The third-order valence-corrected chi connectivity index (χ3v) is 2.36. The van der Waals surface area contributed by atoms with Crippen molar-refractivity contribution in [3.8, 4) is 0 Å². The minimum absolute atomic E-state index is 0.318. The molecule has 0 N–H and O–H groups in total. The van der Waals surface area contributed by atoms with Crippen LogP contribution in [-0.2, 0) is 19.9 Å². The van der Waals surface area contributed by atoms with Crippen molar-refractivity contribution in [3.05, 3.63) is 35.9 Å². The fraction of sp³-hybridized carbons (Fsp3) is 0.462. The highest BCUT2D eigenvalue weighted by molar-refractivity contribution is 5.82. The number of methoxy groups -OCH3 is 2. The van der Waals surface area contributed by atoms with Gasteiger partial charge < -0.3 is 9.47 Å². The van der Waals surface area contributed by atoms with Crippen LogP contribution >= 0.6 is 0 Å². The average molecular weight is 278 g/mol. The molecule has 3 nitrogen and oxygen atoms in total.